The molecule has 3 heterocycles. The van der Waals surface area contributed by atoms with Gasteiger partial charge in [-0.05, 0) is 39.8 Å². The molecule has 0 radical (unpaired) electrons. The van der Waals surface area contributed by atoms with Crippen molar-refractivity contribution in [1.29, 1.82) is 0 Å². The normalized spacial score (nSPS) is 23.0. The van der Waals surface area contributed by atoms with Crippen LogP contribution in [0.5, 0.6) is 5.88 Å². The van der Waals surface area contributed by atoms with Gasteiger partial charge in [-0.3, -0.25) is 28.3 Å². The van der Waals surface area contributed by atoms with E-state index >= 15 is 4.39 Å². The number of nitrogens with one attached hydrogen (secondary N) is 1. The number of halogens is 1. The topological polar surface area (TPSA) is 199 Å². The van der Waals surface area contributed by atoms with Crippen LogP contribution in [0.15, 0.2) is 36.7 Å². The van der Waals surface area contributed by atoms with Crippen LogP contribution in [-0.4, -0.2) is 86.3 Å². The number of rotatable bonds is 14. The molecular formula is C27H36FN6O9PS. The van der Waals surface area contributed by atoms with E-state index in [-0.39, 0.29) is 42.0 Å². The molecule has 1 unspecified atom stereocenters. The van der Waals surface area contributed by atoms with Gasteiger partial charge in [-0.2, -0.15) is 9.97 Å². The minimum atomic E-state index is -4.18. The largest absolute Gasteiger partial charge is 0.476 e. The van der Waals surface area contributed by atoms with Crippen LogP contribution in [0.2, 0.25) is 0 Å². The number of anilines is 2. The van der Waals surface area contributed by atoms with E-state index in [1.807, 2.05) is 0 Å². The fourth-order valence-corrected chi connectivity index (χ4v) is 6.68. The highest BCUT2D eigenvalue weighted by molar-refractivity contribution is 8.13. The lowest BCUT2D eigenvalue weighted by molar-refractivity contribution is -0.153. The van der Waals surface area contributed by atoms with E-state index in [9.17, 15) is 19.3 Å². The molecule has 18 heteroatoms. The summed E-state index contributed by atoms with van der Waals surface area (Å²) in [5.41, 5.74) is 2.79. The number of aliphatic hydroxyl groups is 1. The number of nitrogen functional groups attached to an aromatic ring is 1. The zero-order valence-electron chi connectivity index (χ0n) is 25.3. The average Bonchev–Trinajstić information content (AvgIpc) is 3.51. The van der Waals surface area contributed by atoms with Crippen LogP contribution in [0.3, 0.4) is 0 Å². The minimum Gasteiger partial charge on any atom is -0.476 e. The predicted molar refractivity (Wildman–Crippen MR) is 163 cm³/mol. The number of aromatic nitrogens is 4. The van der Waals surface area contributed by atoms with Gasteiger partial charge >= 0.3 is 13.7 Å². The number of alkyl halides is 1. The second-order valence-electron chi connectivity index (χ2n) is 10.6. The van der Waals surface area contributed by atoms with Crippen molar-refractivity contribution in [2.24, 2.45) is 5.41 Å². The van der Waals surface area contributed by atoms with E-state index in [4.69, 9.17) is 24.3 Å². The van der Waals surface area contributed by atoms with Crippen LogP contribution in [-0.2, 0) is 32.7 Å². The highest BCUT2D eigenvalue weighted by atomic mass is 32.2. The molecule has 15 nitrogen and oxygen atoms in total. The van der Waals surface area contributed by atoms with Gasteiger partial charge in [0.05, 0.1) is 33.3 Å². The zero-order chi connectivity index (χ0) is 33.0. The first-order valence-corrected chi connectivity index (χ1v) is 16.4. The number of fused-ring (bicyclic) bond motifs is 1. The van der Waals surface area contributed by atoms with E-state index < -0.39 is 55.0 Å². The lowest BCUT2D eigenvalue weighted by Gasteiger charge is -2.25. The fourth-order valence-electron chi connectivity index (χ4n) is 4.42. The molecule has 5 atom stereocenters. The van der Waals surface area contributed by atoms with Crippen molar-refractivity contribution in [2.45, 2.75) is 51.8 Å². The molecule has 45 heavy (non-hydrogen) atoms. The lowest BCUT2D eigenvalue weighted by Crippen LogP contribution is -2.40. The third-order valence-electron chi connectivity index (χ3n) is 6.89. The Labute approximate surface area is 262 Å². The number of carbonyl (C=O) groups is 2. The van der Waals surface area contributed by atoms with E-state index in [0.717, 1.165) is 18.7 Å². The van der Waals surface area contributed by atoms with Crippen molar-refractivity contribution in [1.82, 2.24) is 19.5 Å². The second kappa shape index (κ2) is 14.0. The van der Waals surface area contributed by atoms with Crippen molar-refractivity contribution < 1.29 is 46.9 Å². The fraction of sp³-hybridized carbons (Fsp3) is 0.519. The third-order valence-corrected chi connectivity index (χ3v) is 9.58. The number of nitrogens with two attached hydrogens (primary N) is 1. The highest BCUT2D eigenvalue weighted by Gasteiger charge is 2.56. The van der Waals surface area contributed by atoms with Gasteiger partial charge in [-0.1, -0.05) is 30.0 Å². The molecule has 1 fully saturated rings. The second-order valence-corrected chi connectivity index (χ2v) is 13.4. The molecule has 4 rings (SSSR count). The molecule has 1 aliphatic heterocycles. The molecule has 0 bridgehead atoms. The van der Waals surface area contributed by atoms with E-state index in [0.29, 0.717) is 5.69 Å². The number of nitrogens with zero attached hydrogens (tertiary/aromatic N) is 4. The third kappa shape index (κ3) is 7.56. The molecule has 0 saturated carbocycles. The van der Waals surface area contributed by atoms with Gasteiger partial charge in [0.15, 0.2) is 23.1 Å². The van der Waals surface area contributed by atoms with E-state index in [1.165, 1.54) is 31.9 Å². The van der Waals surface area contributed by atoms with Crippen LogP contribution in [0.1, 0.15) is 33.9 Å². The summed E-state index contributed by atoms with van der Waals surface area (Å²) < 4.78 is 58.4. The molecule has 3 aromatic rings. The summed E-state index contributed by atoms with van der Waals surface area (Å²) in [6, 6.07) is 8.40. The summed E-state index contributed by atoms with van der Waals surface area (Å²) in [7, 11) is -2.99. The summed E-state index contributed by atoms with van der Waals surface area (Å²) in [5, 5.41) is 13.2. The smallest absolute Gasteiger partial charge is 0.432 e. The van der Waals surface area contributed by atoms with Crippen LogP contribution >= 0.6 is 19.5 Å². The van der Waals surface area contributed by atoms with Crippen LogP contribution in [0.4, 0.5) is 16.0 Å². The van der Waals surface area contributed by atoms with E-state index in [2.05, 4.69) is 24.8 Å². The minimum absolute atomic E-state index is 0.0265. The van der Waals surface area contributed by atoms with Gasteiger partial charge in [-0.15, -0.1) is 0 Å². The van der Waals surface area contributed by atoms with Gasteiger partial charge in [0, 0.05) is 11.4 Å². The number of carbonyl (C=O) groups excluding carboxylic acids is 2. The van der Waals surface area contributed by atoms with Crippen molar-refractivity contribution in [2.75, 3.05) is 43.5 Å². The average molecular weight is 671 g/mol. The number of aliphatic hydroxyl groups excluding tert-OH is 1. The summed E-state index contributed by atoms with van der Waals surface area (Å²) >= 11 is 0.802. The first kappa shape index (κ1) is 34.5. The Bertz CT molecular complexity index is 1560. The number of hydrogen-bond donors (Lipinski definition) is 3. The maximum atomic E-state index is 16.1. The summed E-state index contributed by atoms with van der Waals surface area (Å²) in [6.45, 7) is 5.26. The molecule has 246 valence electrons. The number of esters is 1. The van der Waals surface area contributed by atoms with Crippen LogP contribution in [0, 0.1) is 5.41 Å². The quantitative estimate of drug-likeness (QED) is 0.0973. The Hall–Kier alpha value is -3.34. The number of imidazole rings is 1. The van der Waals surface area contributed by atoms with Gasteiger partial charge in [0.25, 0.3) is 0 Å². The molecule has 0 aliphatic carbocycles. The SMILES string of the molecule is CCOc1nc(N)nc2c1ncn2[C@@H]1O[C@H](COP(=O)(Nc2ccccc2)OCCSC(=O)C(C)(C)C(=O)OC)[C@@H](O)[C@@]1(C)F. The Morgan fingerprint density at radius 2 is 1.98 bits per heavy atom. The molecule has 0 amide bonds. The van der Waals surface area contributed by atoms with Crippen molar-refractivity contribution >= 4 is 53.4 Å². The lowest BCUT2D eigenvalue weighted by atomic mass is 9.96. The van der Waals surface area contributed by atoms with Gasteiger partial charge in [0.2, 0.25) is 16.9 Å². The number of methoxy groups -OCH3 is 1. The number of hydrogen-bond acceptors (Lipinski definition) is 14. The monoisotopic (exact) mass is 670 g/mol. The maximum absolute atomic E-state index is 16.1. The molecule has 2 aromatic heterocycles. The van der Waals surface area contributed by atoms with Crippen LogP contribution < -0.4 is 15.6 Å². The Morgan fingerprint density at radius 3 is 2.64 bits per heavy atom. The zero-order valence-corrected chi connectivity index (χ0v) is 27.0. The number of benzene rings is 1. The number of thioether (sulfide) groups is 1. The predicted octanol–water partition coefficient (Wildman–Crippen LogP) is 3.51. The molecular weight excluding hydrogens is 634 g/mol. The van der Waals surface area contributed by atoms with Crippen molar-refractivity contribution in [3.63, 3.8) is 0 Å². The van der Waals surface area contributed by atoms with Crippen molar-refractivity contribution in [3.05, 3.63) is 36.7 Å². The summed E-state index contributed by atoms with van der Waals surface area (Å²) in [6.07, 6.45) is -3.20. The molecule has 1 saturated heterocycles. The molecule has 1 aliphatic rings. The Balaban J connectivity index is 1.48. The van der Waals surface area contributed by atoms with E-state index in [1.54, 1.807) is 37.3 Å². The van der Waals surface area contributed by atoms with Gasteiger partial charge < -0.3 is 25.1 Å². The van der Waals surface area contributed by atoms with Crippen LogP contribution in [0.25, 0.3) is 11.2 Å². The standard InChI is InChI=1S/C27H36FN6O9PS/c1-6-40-21-18-20(31-25(29)32-21)34(15-30-18)22-27(4,28)19(35)17(43-22)14-42-44(38,33-16-10-8-7-9-11-16)41-12-13-45-24(37)26(2,3)23(36)39-5/h7-11,15,17,19,22,35H,6,12-14H2,1-5H3,(H,33,38)(H2,29,31,32)/t17-,19-,22-,27-,44?/m1/s1. The number of para-hydroxylation sites is 1. The summed E-state index contributed by atoms with van der Waals surface area (Å²) in [4.78, 5) is 36.9. The molecule has 0 spiro atoms. The Kier molecular flexibility index (Phi) is 10.7. The van der Waals surface area contributed by atoms with Gasteiger partial charge in [0.1, 0.15) is 17.6 Å². The summed E-state index contributed by atoms with van der Waals surface area (Å²) in [5.74, 6) is -0.691. The first-order chi connectivity index (χ1) is 21.2. The molecule has 1 aromatic carbocycles. The first-order valence-electron chi connectivity index (χ1n) is 13.9. The highest BCUT2D eigenvalue weighted by Crippen LogP contribution is 2.50. The number of ether oxygens (including phenoxy) is 3. The van der Waals surface area contributed by atoms with Crippen molar-refractivity contribution in [3.8, 4) is 5.88 Å². The Morgan fingerprint density at radius 1 is 1.27 bits per heavy atom. The maximum Gasteiger partial charge on any atom is 0.432 e. The molecule has 4 N–H and O–H groups in total. The van der Waals surface area contributed by atoms with Gasteiger partial charge in [-0.25, -0.2) is 13.9 Å².